The number of fused-ring (bicyclic) bond motifs is 1. The second-order valence-corrected chi connectivity index (χ2v) is 6.24. The Morgan fingerprint density at radius 2 is 1.93 bits per heavy atom. The maximum Gasteiger partial charge on any atom is 0.412 e. The number of halogens is 1. The Morgan fingerprint density at radius 1 is 1.07 bits per heavy atom. The quantitative estimate of drug-likeness (QED) is 0.521. The Balaban J connectivity index is 1.44. The molecule has 0 radical (unpaired) electrons. The summed E-state index contributed by atoms with van der Waals surface area (Å²) in [4.78, 5) is 20.0. The topological polar surface area (TPSA) is 77.2 Å². The molecule has 1 N–H and O–H groups in total. The Labute approximate surface area is 159 Å². The molecule has 6 nitrogen and oxygen atoms in total. The molecule has 134 valence electrons. The molecule has 0 unspecified atom stereocenters. The van der Waals surface area contributed by atoms with Gasteiger partial charge in [0.2, 0.25) is 0 Å². The highest BCUT2D eigenvalue weighted by molar-refractivity contribution is 6.30. The third-order valence-corrected chi connectivity index (χ3v) is 4.11. The molecule has 2 heterocycles. The molecule has 0 saturated heterocycles. The fraction of sp³-hybridized carbons (Fsp3) is 0.0500. The second-order valence-electron chi connectivity index (χ2n) is 5.80. The van der Waals surface area contributed by atoms with Crippen molar-refractivity contribution in [1.29, 1.82) is 0 Å². The lowest BCUT2D eigenvalue weighted by Crippen LogP contribution is -2.13. The highest BCUT2D eigenvalue weighted by atomic mass is 35.5. The first-order chi connectivity index (χ1) is 13.2. The number of rotatable bonds is 4. The van der Waals surface area contributed by atoms with Gasteiger partial charge in [-0.1, -0.05) is 23.7 Å². The summed E-state index contributed by atoms with van der Waals surface area (Å²) < 4.78 is 10.9. The molecule has 0 aliphatic heterocycles. The van der Waals surface area contributed by atoms with Gasteiger partial charge in [-0.2, -0.15) is 0 Å². The van der Waals surface area contributed by atoms with E-state index < -0.39 is 6.09 Å². The summed E-state index contributed by atoms with van der Waals surface area (Å²) >= 11 is 5.89. The van der Waals surface area contributed by atoms with E-state index in [4.69, 9.17) is 20.8 Å². The molecule has 0 bridgehead atoms. The summed E-state index contributed by atoms with van der Waals surface area (Å²) in [7, 11) is 0. The summed E-state index contributed by atoms with van der Waals surface area (Å²) in [5.41, 5.74) is 3.17. The minimum Gasteiger partial charge on any atom is -0.457 e. The molecule has 0 aliphatic carbocycles. The van der Waals surface area contributed by atoms with Gasteiger partial charge in [0, 0.05) is 34.1 Å². The fourth-order valence-electron chi connectivity index (χ4n) is 2.65. The SMILES string of the molecule is O=C(Nc1cccc(Cl)c1)OCc1cc2cc(-c3cncnc3)ccc2o1. The minimum absolute atomic E-state index is 0.0187. The maximum absolute atomic E-state index is 11.9. The largest absolute Gasteiger partial charge is 0.457 e. The lowest BCUT2D eigenvalue weighted by atomic mass is 10.1. The summed E-state index contributed by atoms with van der Waals surface area (Å²) in [6.45, 7) is 0.0187. The first-order valence-corrected chi connectivity index (χ1v) is 8.52. The average Bonchev–Trinajstić information content (AvgIpc) is 3.09. The van der Waals surface area contributed by atoms with Gasteiger partial charge < -0.3 is 9.15 Å². The molecule has 2 aromatic carbocycles. The average molecular weight is 380 g/mol. The van der Waals surface area contributed by atoms with Crippen LogP contribution in [0.2, 0.25) is 5.02 Å². The van der Waals surface area contributed by atoms with Gasteiger partial charge in [-0.15, -0.1) is 0 Å². The highest BCUT2D eigenvalue weighted by Gasteiger charge is 2.09. The number of benzene rings is 2. The molecule has 4 aromatic rings. The van der Waals surface area contributed by atoms with E-state index in [1.54, 1.807) is 36.7 Å². The lowest BCUT2D eigenvalue weighted by molar-refractivity contribution is 0.147. The zero-order valence-corrected chi connectivity index (χ0v) is 14.8. The van der Waals surface area contributed by atoms with Gasteiger partial charge in [-0.05, 0) is 42.0 Å². The van der Waals surface area contributed by atoms with Gasteiger partial charge in [0.05, 0.1) is 0 Å². The van der Waals surface area contributed by atoms with Gasteiger partial charge in [0.1, 0.15) is 17.7 Å². The summed E-state index contributed by atoms with van der Waals surface area (Å²) in [6.07, 6.45) is 4.40. The number of hydrogen-bond donors (Lipinski definition) is 1. The van der Waals surface area contributed by atoms with Crippen molar-refractivity contribution in [3.63, 3.8) is 0 Å². The van der Waals surface area contributed by atoms with Crippen LogP contribution in [0.1, 0.15) is 5.76 Å². The van der Waals surface area contributed by atoms with Crippen LogP contribution in [0.25, 0.3) is 22.1 Å². The van der Waals surface area contributed by atoms with Crippen LogP contribution < -0.4 is 5.32 Å². The first-order valence-electron chi connectivity index (χ1n) is 8.14. The van der Waals surface area contributed by atoms with Crippen molar-refractivity contribution in [2.24, 2.45) is 0 Å². The number of amides is 1. The number of carbonyl (C=O) groups excluding carboxylic acids is 1. The standard InChI is InChI=1S/C20H14ClN3O3/c21-16-2-1-3-17(8-16)24-20(25)26-11-18-7-14-6-13(4-5-19(14)27-18)15-9-22-12-23-10-15/h1-10,12H,11H2,(H,24,25). The van der Waals surface area contributed by atoms with Gasteiger partial charge in [0.25, 0.3) is 0 Å². The molecule has 1 amide bonds. The Bertz CT molecular complexity index is 1100. The smallest absolute Gasteiger partial charge is 0.412 e. The minimum atomic E-state index is -0.583. The van der Waals surface area contributed by atoms with E-state index in [1.807, 2.05) is 24.3 Å². The maximum atomic E-state index is 11.9. The van der Waals surface area contributed by atoms with Crippen LogP contribution in [0.3, 0.4) is 0 Å². The Hall–Kier alpha value is -3.38. The molecule has 0 spiro atoms. The molecule has 0 atom stereocenters. The second kappa shape index (κ2) is 7.47. The van der Waals surface area contributed by atoms with Crippen molar-refractivity contribution in [2.75, 3.05) is 5.32 Å². The lowest BCUT2D eigenvalue weighted by Gasteiger charge is -2.05. The normalized spacial score (nSPS) is 10.7. The molecule has 27 heavy (non-hydrogen) atoms. The number of nitrogens with zero attached hydrogens (tertiary/aromatic N) is 2. The number of carbonyl (C=O) groups is 1. The van der Waals surface area contributed by atoms with E-state index in [2.05, 4.69) is 15.3 Å². The van der Waals surface area contributed by atoms with Crippen molar-refractivity contribution in [3.05, 3.63) is 78.0 Å². The number of hydrogen-bond acceptors (Lipinski definition) is 5. The van der Waals surface area contributed by atoms with Gasteiger partial charge in [-0.3, -0.25) is 5.32 Å². The number of anilines is 1. The zero-order valence-electron chi connectivity index (χ0n) is 14.1. The molecule has 7 heteroatoms. The third kappa shape index (κ3) is 4.07. The van der Waals surface area contributed by atoms with Crippen LogP contribution in [-0.2, 0) is 11.3 Å². The molecule has 0 fully saturated rings. The molecule has 0 saturated carbocycles. The summed E-state index contributed by atoms with van der Waals surface area (Å²) in [5.74, 6) is 0.549. The monoisotopic (exact) mass is 379 g/mol. The summed E-state index contributed by atoms with van der Waals surface area (Å²) in [5, 5.41) is 4.06. The van der Waals surface area contributed by atoms with Crippen molar-refractivity contribution in [2.45, 2.75) is 6.61 Å². The van der Waals surface area contributed by atoms with Crippen molar-refractivity contribution < 1.29 is 13.9 Å². The van der Waals surface area contributed by atoms with E-state index in [-0.39, 0.29) is 6.61 Å². The van der Waals surface area contributed by atoms with Crippen LogP contribution in [0.5, 0.6) is 0 Å². The van der Waals surface area contributed by atoms with Crippen molar-refractivity contribution in [1.82, 2.24) is 9.97 Å². The highest BCUT2D eigenvalue weighted by Crippen LogP contribution is 2.26. The molecule has 0 aliphatic rings. The van der Waals surface area contributed by atoms with Gasteiger partial charge in [0.15, 0.2) is 6.61 Å². The van der Waals surface area contributed by atoms with Crippen molar-refractivity contribution in [3.8, 4) is 11.1 Å². The van der Waals surface area contributed by atoms with Gasteiger partial charge in [-0.25, -0.2) is 14.8 Å². The number of ether oxygens (including phenoxy) is 1. The van der Waals surface area contributed by atoms with Crippen molar-refractivity contribution >= 4 is 34.4 Å². The molecular weight excluding hydrogens is 366 g/mol. The van der Waals surface area contributed by atoms with E-state index in [1.165, 1.54) is 6.33 Å². The van der Waals surface area contributed by atoms with Crippen LogP contribution in [0.15, 0.2) is 71.7 Å². The van der Waals surface area contributed by atoms with Crippen LogP contribution >= 0.6 is 11.6 Å². The Morgan fingerprint density at radius 3 is 2.74 bits per heavy atom. The fourth-order valence-corrected chi connectivity index (χ4v) is 2.84. The molecular formula is C20H14ClN3O3. The Kier molecular flexibility index (Phi) is 4.72. The first kappa shape index (κ1) is 17.1. The van der Waals surface area contributed by atoms with E-state index in [0.717, 1.165) is 16.5 Å². The molecule has 4 rings (SSSR count). The van der Waals surface area contributed by atoms with E-state index in [9.17, 15) is 4.79 Å². The predicted octanol–water partition coefficient (Wildman–Crippen LogP) is 5.29. The molecule has 2 aromatic heterocycles. The van der Waals surface area contributed by atoms with E-state index in [0.29, 0.717) is 22.1 Å². The third-order valence-electron chi connectivity index (χ3n) is 3.88. The number of nitrogens with one attached hydrogen (secondary N) is 1. The zero-order chi connectivity index (χ0) is 18.6. The summed E-state index contributed by atoms with van der Waals surface area (Å²) in [6, 6.07) is 14.5. The van der Waals surface area contributed by atoms with Crippen LogP contribution in [-0.4, -0.2) is 16.1 Å². The number of furan rings is 1. The van der Waals surface area contributed by atoms with Gasteiger partial charge >= 0.3 is 6.09 Å². The van der Waals surface area contributed by atoms with E-state index >= 15 is 0 Å². The predicted molar refractivity (Wildman–Crippen MR) is 102 cm³/mol. The number of aromatic nitrogens is 2. The van der Waals surface area contributed by atoms with Crippen LogP contribution in [0.4, 0.5) is 10.5 Å². The van der Waals surface area contributed by atoms with Crippen LogP contribution in [0, 0.1) is 0 Å².